The van der Waals surface area contributed by atoms with Crippen LogP contribution in [0.25, 0.3) is 0 Å². The molecule has 0 saturated carbocycles. The molecule has 2 rings (SSSR count). The lowest BCUT2D eigenvalue weighted by molar-refractivity contribution is 0.577. The molecule has 0 amide bonds. The second kappa shape index (κ2) is 6.95. The van der Waals surface area contributed by atoms with Gasteiger partial charge in [0.05, 0.1) is 0 Å². The predicted octanol–water partition coefficient (Wildman–Crippen LogP) is 2.73. The first-order valence-electron chi connectivity index (χ1n) is 6.28. The highest BCUT2D eigenvalue weighted by Crippen LogP contribution is 2.08. The first-order valence-corrected chi connectivity index (χ1v) is 6.28. The Morgan fingerprint density at radius 1 is 0.947 bits per heavy atom. The third-order valence-electron chi connectivity index (χ3n) is 2.83. The third kappa shape index (κ3) is 4.75. The van der Waals surface area contributed by atoms with Crippen LogP contribution in [0.5, 0.6) is 0 Å². The fourth-order valence-electron chi connectivity index (χ4n) is 1.89. The van der Waals surface area contributed by atoms with E-state index in [1.54, 1.807) is 6.20 Å². The van der Waals surface area contributed by atoms with Crippen molar-refractivity contribution in [3.63, 3.8) is 0 Å². The van der Waals surface area contributed by atoms with Gasteiger partial charge in [0.15, 0.2) is 0 Å². The van der Waals surface area contributed by atoms with E-state index in [2.05, 4.69) is 10.3 Å². The maximum Gasteiger partial charge on any atom is 0.126 e. The van der Waals surface area contributed by atoms with Crippen LogP contribution in [-0.4, -0.2) is 18.1 Å². The van der Waals surface area contributed by atoms with Gasteiger partial charge in [-0.3, -0.25) is 4.98 Å². The summed E-state index contributed by atoms with van der Waals surface area (Å²) in [4.78, 5) is 4.04. The summed E-state index contributed by atoms with van der Waals surface area (Å²) in [5.41, 5.74) is 1.85. The molecule has 0 aliphatic heterocycles. The van der Waals surface area contributed by atoms with Crippen LogP contribution in [-0.2, 0) is 12.8 Å². The van der Waals surface area contributed by atoms with Crippen LogP contribution < -0.4 is 5.32 Å². The molecule has 0 aliphatic carbocycles. The van der Waals surface area contributed by atoms with Gasteiger partial charge in [-0.1, -0.05) is 6.07 Å². The van der Waals surface area contributed by atoms with Crippen LogP contribution in [0.4, 0.5) is 8.78 Å². The highest BCUT2D eigenvalue weighted by Gasteiger charge is 2.00. The molecule has 100 valence electrons. The molecule has 0 saturated heterocycles. The lowest BCUT2D eigenvalue weighted by atomic mass is 10.1. The molecule has 0 aliphatic rings. The summed E-state index contributed by atoms with van der Waals surface area (Å²) in [6, 6.07) is 7.55. The molecule has 4 heteroatoms. The van der Waals surface area contributed by atoms with Crippen LogP contribution in [0.2, 0.25) is 0 Å². The van der Waals surface area contributed by atoms with Crippen molar-refractivity contribution in [1.29, 1.82) is 0 Å². The first-order chi connectivity index (χ1) is 9.24. The molecule has 19 heavy (non-hydrogen) atoms. The van der Waals surface area contributed by atoms with Gasteiger partial charge in [-0.05, 0) is 55.3 Å². The zero-order valence-corrected chi connectivity index (χ0v) is 10.6. The van der Waals surface area contributed by atoms with Gasteiger partial charge in [-0.15, -0.1) is 0 Å². The Kier molecular flexibility index (Phi) is 4.98. The molecule has 2 aromatic rings. The average Bonchev–Trinajstić information content (AvgIpc) is 2.38. The molecular weight excluding hydrogens is 246 g/mol. The molecule has 1 aromatic heterocycles. The molecule has 0 radical (unpaired) electrons. The van der Waals surface area contributed by atoms with E-state index in [4.69, 9.17) is 0 Å². The number of hydrogen-bond acceptors (Lipinski definition) is 2. The second-order valence-corrected chi connectivity index (χ2v) is 4.39. The standard InChI is InChI=1S/C15H16F2N2/c16-14-8-13(9-15(17)10-14)4-7-18-6-3-12-2-1-5-19-11-12/h1-2,5,8-11,18H,3-4,6-7H2. The Morgan fingerprint density at radius 3 is 2.26 bits per heavy atom. The largest absolute Gasteiger partial charge is 0.316 e. The number of halogens is 2. The van der Waals surface area contributed by atoms with Crippen LogP contribution in [0.1, 0.15) is 11.1 Å². The van der Waals surface area contributed by atoms with Gasteiger partial charge in [-0.2, -0.15) is 0 Å². The summed E-state index contributed by atoms with van der Waals surface area (Å²) in [5.74, 6) is -1.05. The van der Waals surface area contributed by atoms with Crippen molar-refractivity contribution in [2.45, 2.75) is 12.8 Å². The van der Waals surface area contributed by atoms with Crippen molar-refractivity contribution < 1.29 is 8.78 Å². The van der Waals surface area contributed by atoms with Gasteiger partial charge in [0.1, 0.15) is 11.6 Å². The van der Waals surface area contributed by atoms with E-state index in [0.717, 1.165) is 19.0 Å². The first kappa shape index (κ1) is 13.6. The Hall–Kier alpha value is -1.81. The van der Waals surface area contributed by atoms with Gasteiger partial charge in [0.2, 0.25) is 0 Å². The summed E-state index contributed by atoms with van der Waals surface area (Å²) < 4.78 is 25.9. The number of benzene rings is 1. The van der Waals surface area contributed by atoms with Crippen molar-refractivity contribution in [3.05, 3.63) is 65.5 Å². The maximum absolute atomic E-state index is 13.0. The molecule has 2 nitrogen and oxygen atoms in total. The fourth-order valence-corrected chi connectivity index (χ4v) is 1.89. The Bertz CT molecular complexity index is 495. The van der Waals surface area contributed by atoms with Crippen LogP contribution in [0.3, 0.4) is 0 Å². The SMILES string of the molecule is Fc1cc(F)cc(CCNCCc2cccnc2)c1. The number of pyridine rings is 1. The summed E-state index contributed by atoms with van der Waals surface area (Å²) in [6.45, 7) is 1.52. The van der Waals surface area contributed by atoms with E-state index >= 15 is 0 Å². The van der Waals surface area contributed by atoms with E-state index in [1.165, 1.54) is 17.7 Å². The van der Waals surface area contributed by atoms with Gasteiger partial charge in [-0.25, -0.2) is 8.78 Å². The summed E-state index contributed by atoms with van der Waals surface area (Å²) in [5, 5.41) is 3.25. The zero-order chi connectivity index (χ0) is 13.5. The lowest BCUT2D eigenvalue weighted by Crippen LogP contribution is -2.20. The molecule has 0 bridgehead atoms. The van der Waals surface area contributed by atoms with Gasteiger partial charge >= 0.3 is 0 Å². The highest BCUT2D eigenvalue weighted by atomic mass is 19.1. The van der Waals surface area contributed by atoms with E-state index < -0.39 is 11.6 Å². The molecule has 1 aromatic carbocycles. The van der Waals surface area contributed by atoms with Crippen LogP contribution in [0, 0.1) is 11.6 Å². The minimum atomic E-state index is -0.523. The topological polar surface area (TPSA) is 24.9 Å². The number of nitrogens with one attached hydrogen (secondary N) is 1. The monoisotopic (exact) mass is 262 g/mol. The van der Waals surface area contributed by atoms with Crippen LogP contribution in [0.15, 0.2) is 42.7 Å². The Balaban J connectivity index is 1.69. The van der Waals surface area contributed by atoms with Crippen molar-refractivity contribution in [3.8, 4) is 0 Å². The van der Waals surface area contributed by atoms with E-state index in [-0.39, 0.29) is 0 Å². The fraction of sp³-hybridized carbons (Fsp3) is 0.267. The van der Waals surface area contributed by atoms with Crippen molar-refractivity contribution in [1.82, 2.24) is 10.3 Å². The summed E-state index contributed by atoms with van der Waals surface area (Å²) in [7, 11) is 0. The third-order valence-corrected chi connectivity index (χ3v) is 2.83. The van der Waals surface area contributed by atoms with Crippen LogP contribution >= 0.6 is 0 Å². The van der Waals surface area contributed by atoms with E-state index in [9.17, 15) is 8.78 Å². The number of aromatic nitrogens is 1. The molecular formula is C15H16F2N2. The Morgan fingerprint density at radius 2 is 1.63 bits per heavy atom. The van der Waals surface area contributed by atoms with Gasteiger partial charge in [0, 0.05) is 18.5 Å². The minimum Gasteiger partial charge on any atom is -0.316 e. The number of nitrogens with zero attached hydrogens (tertiary/aromatic N) is 1. The molecule has 0 unspecified atom stereocenters. The van der Waals surface area contributed by atoms with Gasteiger partial charge in [0.25, 0.3) is 0 Å². The summed E-state index contributed by atoms with van der Waals surface area (Å²) in [6.07, 6.45) is 5.09. The van der Waals surface area contributed by atoms with Crippen molar-refractivity contribution >= 4 is 0 Å². The average molecular weight is 262 g/mol. The lowest BCUT2D eigenvalue weighted by Gasteiger charge is -2.05. The number of rotatable bonds is 6. The predicted molar refractivity (Wildman–Crippen MR) is 70.9 cm³/mol. The molecule has 0 spiro atoms. The Labute approximate surface area is 111 Å². The maximum atomic E-state index is 13.0. The van der Waals surface area contributed by atoms with Crippen molar-refractivity contribution in [2.24, 2.45) is 0 Å². The zero-order valence-electron chi connectivity index (χ0n) is 10.6. The molecule has 1 heterocycles. The quantitative estimate of drug-likeness (QED) is 0.810. The minimum absolute atomic E-state index is 0.523. The summed E-state index contributed by atoms with van der Waals surface area (Å²) >= 11 is 0. The second-order valence-electron chi connectivity index (χ2n) is 4.39. The van der Waals surface area contributed by atoms with E-state index in [1.807, 2.05) is 18.3 Å². The van der Waals surface area contributed by atoms with Crippen molar-refractivity contribution in [2.75, 3.05) is 13.1 Å². The van der Waals surface area contributed by atoms with Gasteiger partial charge < -0.3 is 5.32 Å². The number of hydrogen-bond donors (Lipinski definition) is 1. The molecule has 1 N–H and O–H groups in total. The van der Waals surface area contributed by atoms with E-state index in [0.29, 0.717) is 18.5 Å². The molecule has 0 atom stereocenters. The molecule has 0 fully saturated rings. The normalized spacial score (nSPS) is 10.6. The highest BCUT2D eigenvalue weighted by molar-refractivity contribution is 5.18. The smallest absolute Gasteiger partial charge is 0.126 e.